The molecule has 1 aliphatic heterocycles. The number of likely N-dealkylation sites (N-methyl/N-ethyl adjacent to an activating group) is 1. The van der Waals surface area contributed by atoms with Gasteiger partial charge in [0.2, 0.25) is 10.0 Å². The SMILES string of the molecule is CCCNS(=O)(=O)c1ccc(C(=O)N(C)CC2CCCO2)cc1. The minimum absolute atomic E-state index is 0.0989. The number of benzene rings is 1. The lowest BCUT2D eigenvalue weighted by atomic mass is 10.2. The van der Waals surface area contributed by atoms with Crippen molar-refractivity contribution in [2.24, 2.45) is 0 Å². The molecule has 23 heavy (non-hydrogen) atoms. The van der Waals surface area contributed by atoms with E-state index >= 15 is 0 Å². The zero-order chi connectivity index (χ0) is 16.9. The average molecular weight is 340 g/mol. The Bertz CT molecular complexity index is 622. The smallest absolute Gasteiger partial charge is 0.253 e. The molecular weight excluding hydrogens is 316 g/mol. The maximum atomic E-state index is 12.4. The fourth-order valence-electron chi connectivity index (χ4n) is 2.49. The van der Waals surface area contributed by atoms with Crippen LogP contribution in [0.25, 0.3) is 0 Å². The molecule has 0 spiro atoms. The second kappa shape index (κ2) is 7.90. The number of sulfonamides is 1. The van der Waals surface area contributed by atoms with Crippen molar-refractivity contribution < 1.29 is 17.9 Å². The van der Waals surface area contributed by atoms with Gasteiger partial charge in [-0.15, -0.1) is 0 Å². The van der Waals surface area contributed by atoms with Crippen LogP contribution < -0.4 is 4.72 Å². The summed E-state index contributed by atoms with van der Waals surface area (Å²) in [7, 11) is -1.77. The fraction of sp³-hybridized carbons (Fsp3) is 0.562. The maximum absolute atomic E-state index is 12.4. The van der Waals surface area contributed by atoms with Crippen molar-refractivity contribution in [2.45, 2.75) is 37.2 Å². The van der Waals surface area contributed by atoms with Crippen LogP contribution in [0.4, 0.5) is 0 Å². The zero-order valence-electron chi connectivity index (χ0n) is 13.6. The largest absolute Gasteiger partial charge is 0.376 e. The molecule has 1 unspecified atom stereocenters. The Balaban J connectivity index is 2.01. The minimum Gasteiger partial charge on any atom is -0.376 e. The minimum atomic E-state index is -3.50. The van der Waals surface area contributed by atoms with Gasteiger partial charge in [0.25, 0.3) is 5.91 Å². The van der Waals surface area contributed by atoms with Gasteiger partial charge in [-0.25, -0.2) is 13.1 Å². The topological polar surface area (TPSA) is 75.7 Å². The van der Waals surface area contributed by atoms with Gasteiger partial charge in [-0.1, -0.05) is 6.92 Å². The molecule has 0 aromatic heterocycles. The highest BCUT2D eigenvalue weighted by atomic mass is 32.2. The van der Waals surface area contributed by atoms with E-state index in [1.54, 1.807) is 24.1 Å². The van der Waals surface area contributed by atoms with Gasteiger partial charge in [-0.3, -0.25) is 4.79 Å². The number of nitrogens with zero attached hydrogens (tertiary/aromatic N) is 1. The van der Waals surface area contributed by atoms with Gasteiger partial charge >= 0.3 is 0 Å². The van der Waals surface area contributed by atoms with Crippen molar-refractivity contribution in [1.82, 2.24) is 9.62 Å². The molecular formula is C16H24N2O4S. The van der Waals surface area contributed by atoms with Crippen molar-refractivity contribution in [1.29, 1.82) is 0 Å². The Morgan fingerprint density at radius 3 is 2.61 bits per heavy atom. The first-order chi connectivity index (χ1) is 10.9. The molecule has 1 N–H and O–H groups in total. The standard InChI is InChI=1S/C16H24N2O4S/c1-3-10-17-23(20,21)15-8-6-13(7-9-15)16(19)18(2)12-14-5-4-11-22-14/h6-9,14,17H,3-5,10-12H2,1-2H3. The number of carbonyl (C=O) groups excluding carboxylic acids is 1. The molecule has 1 amide bonds. The summed E-state index contributed by atoms with van der Waals surface area (Å²) < 4.78 is 32.1. The number of rotatable bonds is 7. The molecule has 6 nitrogen and oxygen atoms in total. The van der Waals surface area contributed by atoms with Crippen molar-refractivity contribution in [3.05, 3.63) is 29.8 Å². The monoisotopic (exact) mass is 340 g/mol. The third-order valence-electron chi connectivity index (χ3n) is 3.80. The maximum Gasteiger partial charge on any atom is 0.253 e. The highest BCUT2D eigenvalue weighted by molar-refractivity contribution is 7.89. The molecule has 1 saturated heterocycles. The summed E-state index contributed by atoms with van der Waals surface area (Å²) in [5, 5.41) is 0. The number of ether oxygens (including phenoxy) is 1. The molecule has 1 aliphatic rings. The summed E-state index contributed by atoms with van der Waals surface area (Å²) in [4.78, 5) is 14.2. The van der Waals surface area contributed by atoms with Crippen molar-refractivity contribution in [3.8, 4) is 0 Å². The summed E-state index contributed by atoms with van der Waals surface area (Å²) in [6.45, 7) is 3.60. The molecule has 128 valence electrons. The molecule has 0 aliphatic carbocycles. The van der Waals surface area contributed by atoms with E-state index in [-0.39, 0.29) is 16.9 Å². The molecule has 2 rings (SSSR count). The van der Waals surface area contributed by atoms with Gasteiger partial charge in [0.15, 0.2) is 0 Å². The summed E-state index contributed by atoms with van der Waals surface area (Å²) >= 11 is 0. The lowest BCUT2D eigenvalue weighted by molar-refractivity contribution is 0.0587. The third-order valence-corrected chi connectivity index (χ3v) is 5.28. The van der Waals surface area contributed by atoms with E-state index in [1.165, 1.54) is 12.1 Å². The number of nitrogens with one attached hydrogen (secondary N) is 1. The second-order valence-corrected chi connectivity index (χ2v) is 7.51. The summed E-state index contributed by atoms with van der Waals surface area (Å²) in [5.74, 6) is -0.133. The molecule has 0 bridgehead atoms. The van der Waals surface area contributed by atoms with Crippen molar-refractivity contribution >= 4 is 15.9 Å². The Hall–Kier alpha value is -1.44. The molecule has 1 aromatic rings. The third kappa shape index (κ3) is 4.76. The van der Waals surface area contributed by atoms with Crippen LogP contribution in [-0.4, -0.2) is 52.1 Å². The first-order valence-electron chi connectivity index (χ1n) is 7.91. The van der Waals surface area contributed by atoms with E-state index in [9.17, 15) is 13.2 Å². The van der Waals surface area contributed by atoms with Gasteiger partial charge in [0, 0.05) is 32.3 Å². The second-order valence-electron chi connectivity index (χ2n) is 5.74. The van der Waals surface area contributed by atoms with E-state index in [0.29, 0.717) is 18.7 Å². The van der Waals surface area contributed by atoms with Crippen molar-refractivity contribution in [3.63, 3.8) is 0 Å². The zero-order valence-corrected chi connectivity index (χ0v) is 14.4. The quantitative estimate of drug-likeness (QED) is 0.818. The molecule has 0 saturated carbocycles. The van der Waals surface area contributed by atoms with E-state index in [4.69, 9.17) is 4.74 Å². The van der Waals surface area contributed by atoms with Crippen LogP contribution in [0.2, 0.25) is 0 Å². The van der Waals surface area contributed by atoms with Crippen LogP contribution >= 0.6 is 0 Å². The molecule has 1 heterocycles. The van der Waals surface area contributed by atoms with Crippen LogP contribution in [0.5, 0.6) is 0 Å². The summed E-state index contributed by atoms with van der Waals surface area (Å²) in [6.07, 6.45) is 2.83. The first-order valence-corrected chi connectivity index (χ1v) is 9.39. The summed E-state index contributed by atoms with van der Waals surface area (Å²) in [5.41, 5.74) is 0.472. The molecule has 0 radical (unpaired) electrons. The van der Waals surface area contributed by atoms with Gasteiger partial charge in [-0.2, -0.15) is 0 Å². The Labute approximate surface area is 137 Å². The summed E-state index contributed by atoms with van der Waals surface area (Å²) in [6, 6.07) is 6.03. The van der Waals surface area contributed by atoms with E-state index in [1.807, 2.05) is 6.92 Å². The van der Waals surface area contributed by atoms with E-state index < -0.39 is 10.0 Å². The van der Waals surface area contributed by atoms with Gasteiger partial charge in [-0.05, 0) is 43.5 Å². The Morgan fingerprint density at radius 1 is 1.35 bits per heavy atom. The molecule has 1 atom stereocenters. The predicted molar refractivity (Wildman–Crippen MR) is 87.9 cm³/mol. The lowest BCUT2D eigenvalue weighted by Gasteiger charge is -2.21. The fourth-order valence-corrected chi connectivity index (χ4v) is 3.63. The lowest BCUT2D eigenvalue weighted by Crippen LogP contribution is -2.34. The van der Waals surface area contributed by atoms with Gasteiger partial charge in [0.1, 0.15) is 0 Å². The molecule has 1 aromatic carbocycles. The highest BCUT2D eigenvalue weighted by Gasteiger charge is 2.21. The number of hydrogen-bond donors (Lipinski definition) is 1. The normalized spacial score (nSPS) is 18.1. The number of carbonyl (C=O) groups is 1. The van der Waals surface area contributed by atoms with Gasteiger partial charge in [0.05, 0.1) is 11.0 Å². The van der Waals surface area contributed by atoms with Crippen LogP contribution in [0, 0.1) is 0 Å². The van der Waals surface area contributed by atoms with Crippen LogP contribution in [0.1, 0.15) is 36.5 Å². The Morgan fingerprint density at radius 2 is 2.04 bits per heavy atom. The average Bonchev–Trinajstić information content (AvgIpc) is 3.05. The van der Waals surface area contributed by atoms with Crippen LogP contribution in [-0.2, 0) is 14.8 Å². The van der Waals surface area contributed by atoms with Crippen molar-refractivity contribution in [2.75, 3.05) is 26.7 Å². The van der Waals surface area contributed by atoms with E-state index in [2.05, 4.69) is 4.72 Å². The predicted octanol–water partition coefficient (Wildman–Crippen LogP) is 1.63. The van der Waals surface area contributed by atoms with Crippen LogP contribution in [0.15, 0.2) is 29.2 Å². The Kier molecular flexibility index (Phi) is 6.15. The highest BCUT2D eigenvalue weighted by Crippen LogP contribution is 2.15. The molecule has 1 fully saturated rings. The van der Waals surface area contributed by atoms with Gasteiger partial charge < -0.3 is 9.64 Å². The first kappa shape index (κ1) is 17.9. The molecule has 7 heteroatoms. The van der Waals surface area contributed by atoms with E-state index in [0.717, 1.165) is 25.9 Å². The number of amides is 1. The number of hydrogen-bond acceptors (Lipinski definition) is 4. The van der Waals surface area contributed by atoms with Crippen LogP contribution in [0.3, 0.4) is 0 Å².